The molecule has 0 spiro atoms. The predicted octanol–water partition coefficient (Wildman–Crippen LogP) is 3.26. The largest absolute Gasteiger partial charge is 0.352 e. The average Bonchev–Trinajstić information content (AvgIpc) is 2.62. The Balaban J connectivity index is 1.72. The molecule has 0 heterocycles. The zero-order valence-corrected chi connectivity index (χ0v) is 16.5. The minimum absolute atomic E-state index is 0.00325. The van der Waals surface area contributed by atoms with Crippen LogP contribution >= 0.6 is 0 Å². The Morgan fingerprint density at radius 2 is 1.92 bits per heavy atom. The van der Waals surface area contributed by atoms with Crippen LogP contribution in [-0.4, -0.2) is 31.1 Å². The Kier molecular flexibility index (Phi) is 9.13. The van der Waals surface area contributed by atoms with Crippen molar-refractivity contribution in [3.63, 3.8) is 0 Å². The summed E-state index contributed by atoms with van der Waals surface area (Å²) in [6.45, 7) is 6.23. The van der Waals surface area contributed by atoms with Gasteiger partial charge in [0.15, 0.2) is 0 Å². The fourth-order valence-electron chi connectivity index (χ4n) is 3.89. The monoisotopic (exact) mass is 359 g/mol. The van der Waals surface area contributed by atoms with E-state index in [1.54, 1.807) is 0 Å². The van der Waals surface area contributed by atoms with Gasteiger partial charge in [0.25, 0.3) is 0 Å². The van der Waals surface area contributed by atoms with Gasteiger partial charge in [-0.1, -0.05) is 57.0 Å². The summed E-state index contributed by atoms with van der Waals surface area (Å²) < 4.78 is 0. The van der Waals surface area contributed by atoms with E-state index in [1.165, 1.54) is 5.56 Å². The van der Waals surface area contributed by atoms with Crippen LogP contribution in [0.4, 0.5) is 0 Å². The Labute approximate surface area is 159 Å². The molecule has 0 bridgehead atoms. The molecule has 1 aliphatic carbocycles. The normalized spacial score (nSPS) is 21.5. The SMILES string of the molecule is CC(C)CC(CNCCCc1ccccc1)NC(=O)[C@@H]1CCCC[C@@H]1N. The predicted molar refractivity (Wildman–Crippen MR) is 109 cm³/mol. The maximum absolute atomic E-state index is 12.7. The molecule has 4 N–H and O–H groups in total. The van der Waals surface area contributed by atoms with E-state index in [2.05, 4.69) is 54.8 Å². The summed E-state index contributed by atoms with van der Waals surface area (Å²) in [4.78, 5) is 12.7. The first-order valence-corrected chi connectivity index (χ1v) is 10.4. The highest BCUT2D eigenvalue weighted by Crippen LogP contribution is 2.23. The number of hydrogen-bond donors (Lipinski definition) is 3. The van der Waals surface area contributed by atoms with Gasteiger partial charge in [0.1, 0.15) is 0 Å². The highest BCUT2D eigenvalue weighted by molar-refractivity contribution is 5.79. The zero-order chi connectivity index (χ0) is 18.8. The van der Waals surface area contributed by atoms with E-state index in [4.69, 9.17) is 5.73 Å². The summed E-state index contributed by atoms with van der Waals surface area (Å²) in [5, 5.41) is 6.81. The number of benzene rings is 1. The lowest BCUT2D eigenvalue weighted by Gasteiger charge is -2.30. The van der Waals surface area contributed by atoms with Gasteiger partial charge in [-0.05, 0) is 50.1 Å². The van der Waals surface area contributed by atoms with Gasteiger partial charge in [0.2, 0.25) is 5.91 Å². The molecule has 0 radical (unpaired) electrons. The number of carbonyl (C=O) groups excluding carboxylic acids is 1. The van der Waals surface area contributed by atoms with Crippen molar-refractivity contribution in [1.82, 2.24) is 10.6 Å². The molecule has 1 amide bonds. The number of nitrogens with one attached hydrogen (secondary N) is 2. The van der Waals surface area contributed by atoms with Gasteiger partial charge in [-0.15, -0.1) is 0 Å². The molecule has 1 aromatic rings. The number of carbonyl (C=O) groups is 1. The van der Waals surface area contributed by atoms with Crippen molar-refractivity contribution in [2.45, 2.75) is 70.9 Å². The van der Waals surface area contributed by atoms with Crippen LogP contribution in [0.5, 0.6) is 0 Å². The molecule has 0 aliphatic heterocycles. The quantitative estimate of drug-likeness (QED) is 0.562. The second-order valence-corrected chi connectivity index (χ2v) is 8.18. The van der Waals surface area contributed by atoms with Crippen molar-refractivity contribution >= 4 is 5.91 Å². The topological polar surface area (TPSA) is 67.1 Å². The third-order valence-corrected chi connectivity index (χ3v) is 5.31. The molecular weight excluding hydrogens is 322 g/mol. The van der Waals surface area contributed by atoms with Crippen molar-refractivity contribution in [2.24, 2.45) is 17.6 Å². The van der Waals surface area contributed by atoms with Crippen molar-refractivity contribution in [1.29, 1.82) is 0 Å². The summed E-state index contributed by atoms with van der Waals surface area (Å²) in [6.07, 6.45) is 7.39. The van der Waals surface area contributed by atoms with Crippen molar-refractivity contribution in [3.8, 4) is 0 Å². The van der Waals surface area contributed by atoms with Crippen LogP contribution < -0.4 is 16.4 Å². The molecule has 3 atom stereocenters. The highest BCUT2D eigenvalue weighted by atomic mass is 16.2. The molecule has 1 fully saturated rings. The molecule has 146 valence electrons. The molecule has 1 aromatic carbocycles. The van der Waals surface area contributed by atoms with E-state index in [1.807, 2.05) is 0 Å². The molecule has 4 heteroatoms. The van der Waals surface area contributed by atoms with E-state index in [-0.39, 0.29) is 23.9 Å². The smallest absolute Gasteiger partial charge is 0.224 e. The van der Waals surface area contributed by atoms with Gasteiger partial charge in [0.05, 0.1) is 5.92 Å². The van der Waals surface area contributed by atoms with Crippen LogP contribution in [0.1, 0.15) is 57.9 Å². The standard InChI is InChI=1S/C22H37N3O/c1-17(2)15-19(25-22(26)20-12-6-7-13-21(20)23)16-24-14-8-11-18-9-4-3-5-10-18/h3-5,9-10,17,19-21,24H,6-8,11-16,23H2,1-2H3,(H,25,26)/t19?,20-,21+/m1/s1. The number of hydrogen-bond acceptors (Lipinski definition) is 3. The number of amides is 1. The Morgan fingerprint density at radius 3 is 2.62 bits per heavy atom. The van der Waals surface area contributed by atoms with E-state index in [0.717, 1.165) is 58.0 Å². The molecular formula is C22H37N3O. The summed E-state index contributed by atoms with van der Waals surface area (Å²) >= 11 is 0. The Bertz CT molecular complexity index is 517. The maximum Gasteiger partial charge on any atom is 0.224 e. The van der Waals surface area contributed by atoms with Gasteiger partial charge in [0, 0.05) is 18.6 Å². The molecule has 4 nitrogen and oxygen atoms in total. The molecule has 1 saturated carbocycles. The van der Waals surface area contributed by atoms with Gasteiger partial charge < -0.3 is 16.4 Å². The van der Waals surface area contributed by atoms with Gasteiger partial charge in [-0.2, -0.15) is 0 Å². The van der Waals surface area contributed by atoms with Gasteiger partial charge in [-0.3, -0.25) is 4.79 Å². The highest BCUT2D eigenvalue weighted by Gasteiger charge is 2.29. The lowest BCUT2D eigenvalue weighted by Crippen LogP contribution is -2.49. The summed E-state index contributed by atoms with van der Waals surface area (Å²) in [5.41, 5.74) is 7.56. The summed E-state index contributed by atoms with van der Waals surface area (Å²) in [5.74, 6) is 0.719. The molecule has 26 heavy (non-hydrogen) atoms. The third kappa shape index (κ3) is 7.46. The van der Waals surface area contributed by atoms with Crippen molar-refractivity contribution < 1.29 is 4.79 Å². The maximum atomic E-state index is 12.7. The molecule has 0 aromatic heterocycles. The van der Waals surface area contributed by atoms with Crippen LogP contribution in [0.25, 0.3) is 0 Å². The van der Waals surface area contributed by atoms with Crippen LogP contribution in [0.3, 0.4) is 0 Å². The first kappa shape index (κ1) is 20.9. The fourth-order valence-corrected chi connectivity index (χ4v) is 3.89. The second kappa shape index (κ2) is 11.3. The van der Waals surface area contributed by atoms with E-state index < -0.39 is 0 Å². The molecule has 1 unspecified atom stereocenters. The first-order valence-electron chi connectivity index (χ1n) is 10.4. The van der Waals surface area contributed by atoms with Crippen molar-refractivity contribution in [2.75, 3.05) is 13.1 Å². The minimum atomic E-state index is -0.00325. The van der Waals surface area contributed by atoms with Gasteiger partial charge >= 0.3 is 0 Å². The molecule has 2 rings (SSSR count). The average molecular weight is 360 g/mol. The van der Waals surface area contributed by atoms with Crippen LogP contribution in [0, 0.1) is 11.8 Å². The van der Waals surface area contributed by atoms with Gasteiger partial charge in [-0.25, -0.2) is 0 Å². The van der Waals surface area contributed by atoms with E-state index in [0.29, 0.717) is 5.92 Å². The third-order valence-electron chi connectivity index (χ3n) is 5.31. The van der Waals surface area contributed by atoms with E-state index in [9.17, 15) is 4.79 Å². The number of rotatable bonds is 10. The van der Waals surface area contributed by atoms with Crippen LogP contribution in [-0.2, 0) is 11.2 Å². The fraction of sp³-hybridized carbons (Fsp3) is 0.682. The zero-order valence-electron chi connectivity index (χ0n) is 16.5. The van der Waals surface area contributed by atoms with Crippen molar-refractivity contribution in [3.05, 3.63) is 35.9 Å². The summed E-state index contributed by atoms with van der Waals surface area (Å²) in [7, 11) is 0. The minimum Gasteiger partial charge on any atom is -0.352 e. The summed E-state index contributed by atoms with van der Waals surface area (Å²) in [6, 6.07) is 10.8. The Morgan fingerprint density at radius 1 is 1.19 bits per heavy atom. The van der Waals surface area contributed by atoms with Crippen LogP contribution in [0.15, 0.2) is 30.3 Å². The molecule has 1 aliphatic rings. The van der Waals surface area contributed by atoms with Crippen LogP contribution in [0.2, 0.25) is 0 Å². The Hall–Kier alpha value is -1.39. The number of nitrogens with two attached hydrogens (primary N) is 1. The first-order chi connectivity index (χ1) is 12.6. The molecule has 0 saturated heterocycles. The lowest BCUT2D eigenvalue weighted by atomic mass is 9.84. The van der Waals surface area contributed by atoms with E-state index >= 15 is 0 Å². The lowest BCUT2D eigenvalue weighted by molar-refractivity contribution is -0.127. The number of aryl methyl sites for hydroxylation is 1. The second-order valence-electron chi connectivity index (χ2n) is 8.18.